The molecular weight excluding hydrogens is 707 g/mol. The Morgan fingerprint density at radius 3 is 1.81 bits per heavy atom. The van der Waals surface area contributed by atoms with Crippen LogP contribution in [0.2, 0.25) is 0 Å². The standard InChI is InChI=1S/C55H33NO2/c1-2-13-34(14-3-1)35-25-27-36(28-26-35)56(48-22-12-19-41-40-16-6-10-23-49(40)58-54(41)48)37-29-30-39-38-15-4-8-20-44(38)55(47(39)33-37)45-21-9-5-17-42(45)52-46(55)31-32-51-53(52)43-18-7-11-24-50(43)57-51/h1-33H. The number of para-hydroxylation sites is 3. The van der Waals surface area contributed by atoms with Crippen molar-refractivity contribution in [3.05, 3.63) is 222 Å². The summed E-state index contributed by atoms with van der Waals surface area (Å²) >= 11 is 0. The fraction of sp³-hybridized carbons (Fsp3) is 0.0182. The van der Waals surface area contributed by atoms with E-state index in [1.165, 1.54) is 61.0 Å². The summed E-state index contributed by atoms with van der Waals surface area (Å²) in [7, 11) is 0. The van der Waals surface area contributed by atoms with Crippen LogP contribution in [0.25, 0.3) is 77.3 Å². The molecule has 0 bridgehead atoms. The maximum atomic E-state index is 6.75. The van der Waals surface area contributed by atoms with Crippen molar-refractivity contribution in [2.45, 2.75) is 5.41 Å². The van der Waals surface area contributed by atoms with Crippen molar-refractivity contribution in [3.63, 3.8) is 0 Å². The second-order valence-electron chi connectivity index (χ2n) is 15.5. The molecule has 2 aromatic heterocycles. The fourth-order valence-corrected chi connectivity index (χ4v) is 10.3. The molecule has 270 valence electrons. The molecule has 58 heavy (non-hydrogen) atoms. The van der Waals surface area contributed by atoms with Gasteiger partial charge in [-0.2, -0.15) is 0 Å². The van der Waals surface area contributed by atoms with Gasteiger partial charge in [-0.05, 0) is 104 Å². The van der Waals surface area contributed by atoms with E-state index in [2.05, 4.69) is 199 Å². The minimum Gasteiger partial charge on any atom is -0.456 e. The topological polar surface area (TPSA) is 29.5 Å². The number of benzene rings is 9. The summed E-state index contributed by atoms with van der Waals surface area (Å²) in [6.07, 6.45) is 0. The molecule has 2 heterocycles. The zero-order valence-corrected chi connectivity index (χ0v) is 31.3. The van der Waals surface area contributed by atoms with Crippen molar-refractivity contribution in [1.29, 1.82) is 0 Å². The van der Waals surface area contributed by atoms with Gasteiger partial charge >= 0.3 is 0 Å². The van der Waals surface area contributed by atoms with E-state index in [1.807, 2.05) is 6.07 Å². The minimum absolute atomic E-state index is 0.547. The number of rotatable bonds is 4. The Labute approximate surface area is 334 Å². The lowest BCUT2D eigenvalue weighted by atomic mass is 9.70. The molecule has 0 saturated carbocycles. The van der Waals surface area contributed by atoms with E-state index >= 15 is 0 Å². The lowest BCUT2D eigenvalue weighted by Crippen LogP contribution is -2.26. The van der Waals surface area contributed by atoms with Gasteiger partial charge in [-0.25, -0.2) is 0 Å². The number of hydrogen-bond acceptors (Lipinski definition) is 3. The molecule has 0 N–H and O–H groups in total. The molecule has 2 aliphatic carbocycles. The van der Waals surface area contributed by atoms with Gasteiger partial charge in [-0.3, -0.25) is 0 Å². The molecule has 1 unspecified atom stereocenters. The van der Waals surface area contributed by atoms with Gasteiger partial charge in [0, 0.05) is 32.9 Å². The van der Waals surface area contributed by atoms with Crippen LogP contribution in [-0.2, 0) is 5.41 Å². The third kappa shape index (κ3) is 4.12. The summed E-state index contributed by atoms with van der Waals surface area (Å²) in [6.45, 7) is 0. The van der Waals surface area contributed by atoms with Crippen molar-refractivity contribution in [1.82, 2.24) is 0 Å². The molecular formula is C55H33NO2. The number of fused-ring (bicyclic) bond motifs is 17. The van der Waals surface area contributed by atoms with Crippen LogP contribution >= 0.6 is 0 Å². The van der Waals surface area contributed by atoms with Crippen LogP contribution in [0, 0.1) is 0 Å². The van der Waals surface area contributed by atoms with Gasteiger partial charge in [-0.1, -0.05) is 152 Å². The number of nitrogens with zero attached hydrogens (tertiary/aromatic N) is 1. The summed E-state index contributed by atoms with van der Waals surface area (Å²) in [5.74, 6) is 0. The normalized spacial score (nSPS) is 15.0. The first kappa shape index (κ1) is 31.6. The lowest BCUT2D eigenvalue weighted by Gasteiger charge is -2.32. The van der Waals surface area contributed by atoms with Gasteiger partial charge in [0.05, 0.1) is 11.1 Å². The SMILES string of the molecule is c1ccc(-c2ccc(N(c3ccc4c(c3)C3(c5ccccc5-4)c4ccccc4-c4c3ccc3oc5ccccc5c43)c3cccc4c3oc3ccccc34)cc2)cc1. The largest absolute Gasteiger partial charge is 0.456 e. The van der Waals surface area contributed by atoms with Gasteiger partial charge in [0.2, 0.25) is 0 Å². The highest BCUT2D eigenvalue weighted by molar-refractivity contribution is 6.16. The minimum atomic E-state index is -0.547. The summed E-state index contributed by atoms with van der Waals surface area (Å²) in [6, 6.07) is 72.4. The van der Waals surface area contributed by atoms with E-state index in [9.17, 15) is 0 Å². The van der Waals surface area contributed by atoms with Gasteiger partial charge in [0.15, 0.2) is 5.58 Å². The predicted octanol–water partition coefficient (Wildman–Crippen LogP) is 15.0. The van der Waals surface area contributed by atoms with Gasteiger partial charge in [-0.15, -0.1) is 0 Å². The molecule has 3 heteroatoms. The summed E-state index contributed by atoms with van der Waals surface area (Å²) in [5.41, 5.74) is 18.7. The molecule has 13 rings (SSSR count). The van der Waals surface area contributed by atoms with Crippen LogP contribution in [0.3, 0.4) is 0 Å². The smallest absolute Gasteiger partial charge is 0.159 e. The Balaban J connectivity index is 1.10. The molecule has 0 amide bonds. The van der Waals surface area contributed by atoms with Crippen LogP contribution < -0.4 is 4.90 Å². The first-order valence-electron chi connectivity index (χ1n) is 19.9. The van der Waals surface area contributed by atoms with Crippen molar-refractivity contribution in [3.8, 4) is 33.4 Å². The Morgan fingerprint density at radius 2 is 0.983 bits per heavy atom. The number of furan rings is 2. The zero-order valence-electron chi connectivity index (χ0n) is 31.3. The first-order chi connectivity index (χ1) is 28.8. The van der Waals surface area contributed by atoms with Gasteiger partial charge < -0.3 is 13.7 Å². The Morgan fingerprint density at radius 1 is 0.362 bits per heavy atom. The highest BCUT2D eigenvalue weighted by Crippen LogP contribution is 2.65. The van der Waals surface area contributed by atoms with E-state index in [-0.39, 0.29) is 0 Å². The summed E-state index contributed by atoms with van der Waals surface area (Å²) < 4.78 is 13.3. The average Bonchev–Trinajstić information content (AvgIpc) is 4.02. The molecule has 0 radical (unpaired) electrons. The molecule has 0 aliphatic heterocycles. The second-order valence-corrected chi connectivity index (χ2v) is 15.5. The van der Waals surface area contributed by atoms with E-state index in [0.29, 0.717) is 0 Å². The maximum Gasteiger partial charge on any atom is 0.159 e. The maximum absolute atomic E-state index is 6.75. The quantitative estimate of drug-likeness (QED) is 0.180. The number of hydrogen-bond donors (Lipinski definition) is 0. The van der Waals surface area contributed by atoms with E-state index in [0.717, 1.165) is 55.6 Å². The molecule has 11 aromatic rings. The van der Waals surface area contributed by atoms with Crippen molar-refractivity contribution >= 4 is 60.9 Å². The lowest BCUT2D eigenvalue weighted by molar-refractivity contribution is 0.668. The summed E-state index contributed by atoms with van der Waals surface area (Å²) in [5, 5.41) is 4.53. The van der Waals surface area contributed by atoms with Crippen LogP contribution in [-0.4, -0.2) is 0 Å². The Kier molecular flexibility index (Phi) is 6.37. The number of anilines is 3. The molecule has 1 atom stereocenters. The fourth-order valence-electron chi connectivity index (χ4n) is 10.3. The van der Waals surface area contributed by atoms with Crippen molar-refractivity contribution in [2.24, 2.45) is 0 Å². The highest BCUT2D eigenvalue weighted by Gasteiger charge is 2.52. The van der Waals surface area contributed by atoms with Crippen molar-refractivity contribution in [2.75, 3.05) is 4.90 Å². The molecule has 0 saturated heterocycles. The van der Waals surface area contributed by atoms with Crippen LogP contribution in [0.1, 0.15) is 22.3 Å². The molecule has 3 nitrogen and oxygen atoms in total. The zero-order chi connectivity index (χ0) is 38.0. The van der Waals surface area contributed by atoms with Crippen LogP contribution in [0.5, 0.6) is 0 Å². The Hall–Kier alpha value is -7.62. The van der Waals surface area contributed by atoms with E-state index in [4.69, 9.17) is 8.83 Å². The monoisotopic (exact) mass is 739 g/mol. The third-order valence-corrected chi connectivity index (χ3v) is 12.7. The van der Waals surface area contributed by atoms with E-state index < -0.39 is 5.41 Å². The second kappa shape index (κ2) is 11.7. The summed E-state index contributed by atoms with van der Waals surface area (Å²) in [4.78, 5) is 2.38. The molecule has 2 aliphatic rings. The first-order valence-corrected chi connectivity index (χ1v) is 19.9. The molecule has 0 fully saturated rings. The highest BCUT2D eigenvalue weighted by atomic mass is 16.3. The van der Waals surface area contributed by atoms with Gasteiger partial charge in [0.25, 0.3) is 0 Å². The van der Waals surface area contributed by atoms with Gasteiger partial charge in [0.1, 0.15) is 16.7 Å². The van der Waals surface area contributed by atoms with E-state index in [1.54, 1.807) is 0 Å². The predicted molar refractivity (Wildman–Crippen MR) is 237 cm³/mol. The molecule has 9 aromatic carbocycles. The Bertz CT molecular complexity index is 3460. The van der Waals surface area contributed by atoms with Crippen molar-refractivity contribution < 1.29 is 8.83 Å². The average molecular weight is 740 g/mol. The third-order valence-electron chi connectivity index (χ3n) is 12.7. The van der Waals surface area contributed by atoms with Crippen LogP contribution in [0.4, 0.5) is 17.1 Å². The molecule has 1 spiro atoms. The van der Waals surface area contributed by atoms with Crippen LogP contribution in [0.15, 0.2) is 209 Å².